The van der Waals surface area contributed by atoms with Gasteiger partial charge >= 0.3 is 0 Å². The number of para-hydroxylation sites is 4. The molecule has 302 valence electrons. The fraction of sp³-hybridized carbons (Fsp3) is 0.167. The number of ketones is 1. The van der Waals surface area contributed by atoms with Crippen LogP contribution in [-0.4, -0.2) is 17.4 Å². The van der Waals surface area contributed by atoms with Crippen LogP contribution < -0.4 is 19.1 Å². The van der Waals surface area contributed by atoms with Gasteiger partial charge in [0, 0.05) is 24.6 Å². The molecule has 9 rings (SSSR count). The summed E-state index contributed by atoms with van der Waals surface area (Å²) in [6.07, 6.45) is 0.664. The topological polar surface area (TPSA) is 77.4 Å². The molecule has 7 nitrogen and oxygen atoms in total. The van der Waals surface area contributed by atoms with Gasteiger partial charge in [-0.15, -0.1) is 0 Å². The molecule has 61 heavy (non-hydrogen) atoms. The van der Waals surface area contributed by atoms with Crippen molar-refractivity contribution in [1.29, 1.82) is 0 Å². The number of nitrogens with zero attached hydrogens (tertiary/aromatic N) is 2. The van der Waals surface area contributed by atoms with Gasteiger partial charge in [0.25, 0.3) is 0 Å². The van der Waals surface area contributed by atoms with E-state index in [9.17, 15) is 4.79 Å². The number of rotatable bonds is 12. The van der Waals surface area contributed by atoms with Crippen LogP contribution in [0.1, 0.15) is 59.1 Å². The molecule has 0 spiro atoms. The summed E-state index contributed by atoms with van der Waals surface area (Å²) in [4.78, 5) is 37.6. The molecule has 0 bridgehead atoms. The molecule has 1 aliphatic carbocycles. The molecule has 1 heterocycles. The molecule has 7 aromatic carbocycles. The summed E-state index contributed by atoms with van der Waals surface area (Å²) in [5.74, 6) is 0.482. The van der Waals surface area contributed by atoms with E-state index >= 15 is 4.79 Å². The molecule has 1 amide bonds. The summed E-state index contributed by atoms with van der Waals surface area (Å²) < 4.78 is 19.7. The summed E-state index contributed by atoms with van der Waals surface area (Å²) >= 11 is 0. The predicted molar refractivity (Wildman–Crippen MR) is 240 cm³/mol. The SMILES string of the molecule is CC(=O)N1c2ccccc2N=C2CC(c3ccccc3OCc3ccccc3)CC(=O)C2C1(c1cccc(OCc2ccccc2)c1)c1ccccc1OCc1ccccc1. The minimum atomic E-state index is -1.46. The van der Waals surface area contributed by atoms with Gasteiger partial charge in [-0.05, 0) is 76.6 Å². The molecule has 3 unspecified atom stereocenters. The maximum absolute atomic E-state index is 15.7. The Morgan fingerprint density at radius 3 is 1.84 bits per heavy atom. The highest BCUT2D eigenvalue weighted by Crippen LogP contribution is 2.56. The molecule has 0 saturated heterocycles. The van der Waals surface area contributed by atoms with Crippen molar-refractivity contribution in [1.82, 2.24) is 0 Å². The van der Waals surface area contributed by atoms with Crippen LogP contribution >= 0.6 is 0 Å². The number of hydrogen-bond donors (Lipinski definition) is 0. The fourth-order valence-corrected chi connectivity index (χ4v) is 9.05. The van der Waals surface area contributed by atoms with Crippen molar-refractivity contribution in [3.8, 4) is 17.2 Å². The standard InChI is InChI=1S/C54H46N2O5/c1-38(57)56-49-29-14-13-28-47(49)55-48-32-42(45-26-11-15-30-51(45)60-36-40-20-7-3-8-21-40)33-50(58)53(48)54(56,43-24-17-25-44(34-43)59-35-39-18-5-2-6-19-39)46-27-12-16-31-52(46)61-37-41-22-9-4-10-23-41/h2-31,34,42,53H,32-33,35-37H2,1H3. The first-order valence-electron chi connectivity index (χ1n) is 20.8. The Bertz CT molecular complexity index is 2680. The average Bonchev–Trinajstić information content (AvgIpc) is 3.44. The summed E-state index contributed by atoms with van der Waals surface area (Å²) in [6.45, 7) is 2.59. The summed E-state index contributed by atoms with van der Waals surface area (Å²) in [5, 5.41) is 0. The van der Waals surface area contributed by atoms with Crippen molar-refractivity contribution in [2.75, 3.05) is 4.90 Å². The molecule has 0 aromatic heterocycles. The lowest BCUT2D eigenvalue weighted by Gasteiger charge is -2.50. The number of benzene rings is 7. The monoisotopic (exact) mass is 802 g/mol. The van der Waals surface area contributed by atoms with Crippen molar-refractivity contribution in [3.05, 3.63) is 221 Å². The zero-order chi connectivity index (χ0) is 41.6. The maximum atomic E-state index is 15.7. The highest BCUT2D eigenvalue weighted by molar-refractivity contribution is 6.15. The summed E-state index contributed by atoms with van der Waals surface area (Å²) in [5.41, 5.74) is 5.83. The number of aliphatic imine (C=N–C) groups is 1. The van der Waals surface area contributed by atoms with Gasteiger partial charge in [-0.1, -0.05) is 152 Å². The van der Waals surface area contributed by atoms with E-state index in [0.717, 1.165) is 28.0 Å². The van der Waals surface area contributed by atoms with E-state index in [0.29, 0.717) is 59.3 Å². The molecular weight excluding hydrogens is 757 g/mol. The molecule has 7 heteroatoms. The van der Waals surface area contributed by atoms with E-state index < -0.39 is 11.5 Å². The van der Waals surface area contributed by atoms with Gasteiger partial charge in [0.15, 0.2) is 0 Å². The van der Waals surface area contributed by atoms with Gasteiger partial charge in [-0.2, -0.15) is 0 Å². The Hall–Kier alpha value is -7.25. The lowest BCUT2D eigenvalue weighted by atomic mass is 9.62. The van der Waals surface area contributed by atoms with Crippen LogP contribution in [0.4, 0.5) is 11.4 Å². The van der Waals surface area contributed by atoms with Gasteiger partial charge < -0.3 is 14.2 Å². The van der Waals surface area contributed by atoms with Crippen LogP contribution in [0.5, 0.6) is 17.2 Å². The second-order valence-electron chi connectivity index (χ2n) is 15.6. The quantitative estimate of drug-likeness (QED) is 0.123. The van der Waals surface area contributed by atoms with Gasteiger partial charge in [0.1, 0.15) is 48.4 Å². The first-order chi connectivity index (χ1) is 30.0. The molecule has 0 radical (unpaired) electrons. The zero-order valence-corrected chi connectivity index (χ0v) is 34.0. The van der Waals surface area contributed by atoms with E-state index in [2.05, 4.69) is 6.07 Å². The Morgan fingerprint density at radius 2 is 1.16 bits per heavy atom. The lowest BCUT2D eigenvalue weighted by molar-refractivity contribution is -0.124. The Labute approximate surface area is 356 Å². The molecule has 1 saturated carbocycles. The van der Waals surface area contributed by atoms with Gasteiger partial charge in [0.2, 0.25) is 5.91 Å². The normalized spacial score (nSPS) is 18.2. The van der Waals surface area contributed by atoms with E-state index in [1.54, 1.807) is 11.8 Å². The van der Waals surface area contributed by atoms with E-state index in [4.69, 9.17) is 19.2 Å². The molecule has 0 N–H and O–H groups in total. The Morgan fingerprint density at radius 1 is 0.607 bits per heavy atom. The highest BCUT2D eigenvalue weighted by Gasteiger charge is 2.58. The number of hydrogen-bond acceptors (Lipinski definition) is 6. The predicted octanol–water partition coefficient (Wildman–Crippen LogP) is 11.6. The van der Waals surface area contributed by atoms with Gasteiger partial charge in [-0.3, -0.25) is 19.5 Å². The van der Waals surface area contributed by atoms with Crippen LogP contribution in [0.15, 0.2) is 193 Å². The van der Waals surface area contributed by atoms with Gasteiger partial charge in [0.05, 0.1) is 17.3 Å². The third-order valence-electron chi connectivity index (χ3n) is 11.7. The molecule has 3 atom stereocenters. The lowest BCUT2D eigenvalue weighted by Crippen LogP contribution is -2.59. The fourth-order valence-electron chi connectivity index (χ4n) is 9.05. The largest absolute Gasteiger partial charge is 0.489 e. The molecule has 2 aliphatic rings. The highest BCUT2D eigenvalue weighted by atomic mass is 16.5. The smallest absolute Gasteiger partial charge is 0.225 e. The van der Waals surface area contributed by atoms with E-state index in [-0.39, 0.29) is 30.6 Å². The minimum absolute atomic E-state index is 0.0413. The number of anilines is 1. The Kier molecular flexibility index (Phi) is 11.3. The first kappa shape index (κ1) is 39.2. The zero-order valence-electron chi connectivity index (χ0n) is 34.0. The maximum Gasteiger partial charge on any atom is 0.225 e. The van der Waals surface area contributed by atoms with Crippen molar-refractivity contribution < 1.29 is 23.8 Å². The van der Waals surface area contributed by atoms with Crippen LogP contribution in [0, 0.1) is 5.92 Å². The molecular formula is C54H46N2O5. The van der Waals surface area contributed by atoms with Crippen molar-refractivity contribution >= 4 is 28.8 Å². The van der Waals surface area contributed by atoms with Crippen molar-refractivity contribution in [2.45, 2.75) is 51.0 Å². The number of fused-ring (bicyclic) bond motifs is 2. The van der Waals surface area contributed by atoms with Gasteiger partial charge in [-0.25, -0.2) is 0 Å². The van der Waals surface area contributed by atoms with Crippen LogP contribution in [0.3, 0.4) is 0 Å². The number of Topliss-reactive ketones (excluding diaryl/α,β-unsaturated/α-hetero) is 1. The third-order valence-corrected chi connectivity index (χ3v) is 11.7. The third kappa shape index (κ3) is 7.95. The van der Waals surface area contributed by atoms with Crippen molar-refractivity contribution in [2.24, 2.45) is 10.9 Å². The van der Waals surface area contributed by atoms with Crippen LogP contribution in [0.25, 0.3) is 0 Å². The van der Waals surface area contributed by atoms with Crippen molar-refractivity contribution in [3.63, 3.8) is 0 Å². The minimum Gasteiger partial charge on any atom is -0.489 e. The summed E-state index contributed by atoms with van der Waals surface area (Å²) in [6, 6.07) is 61.4. The van der Waals surface area contributed by atoms with Crippen LogP contribution in [0.2, 0.25) is 0 Å². The summed E-state index contributed by atoms with van der Waals surface area (Å²) in [7, 11) is 0. The second-order valence-corrected chi connectivity index (χ2v) is 15.6. The number of ether oxygens (including phenoxy) is 3. The Balaban J connectivity index is 1.22. The van der Waals surface area contributed by atoms with E-state index in [1.807, 2.05) is 182 Å². The van der Waals surface area contributed by atoms with E-state index in [1.165, 1.54) is 0 Å². The second kappa shape index (κ2) is 17.5. The first-order valence-corrected chi connectivity index (χ1v) is 20.8. The number of carbonyl (C=O) groups is 2. The molecule has 1 aliphatic heterocycles. The van der Waals surface area contributed by atoms with Crippen LogP contribution in [-0.2, 0) is 34.9 Å². The number of carbonyl (C=O) groups excluding carboxylic acids is 2. The number of amides is 1. The average molecular weight is 803 g/mol. The molecule has 1 fully saturated rings. The molecule has 7 aromatic rings.